The van der Waals surface area contributed by atoms with Crippen molar-refractivity contribution in [1.82, 2.24) is 0 Å². The Labute approximate surface area is 56.8 Å². The predicted molar refractivity (Wildman–Crippen MR) is 27.9 cm³/mol. The number of halogens is 3. The molecule has 1 rings (SSSR count). The van der Waals surface area contributed by atoms with Crippen LogP contribution in [-0.4, -0.2) is 11.8 Å². The first-order chi connectivity index (χ1) is 4.36. The molecule has 1 aliphatic rings. The SMILES string of the molecule is CC([O])(C1CC1)C(F)(F)F. The van der Waals surface area contributed by atoms with Crippen molar-refractivity contribution in [3.8, 4) is 0 Å². The minimum Gasteiger partial charge on any atom is -0.219 e. The largest absolute Gasteiger partial charge is 0.420 e. The summed E-state index contributed by atoms with van der Waals surface area (Å²) in [6.45, 7) is 0.727. The number of rotatable bonds is 1. The highest BCUT2D eigenvalue weighted by atomic mass is 19.4. The van der Waals surface area contributed by atoms with E-state index in [2.05, 4.69) is 0 Å². The van der Waals surface area contributed by atoms with Crippen molar-refractivity contribution in [3.63, 3.8) is 0 Å². The molecular weight excluding hydrogens is 145 g/mol. The number of hydrogen-bond acceptors (Lipinski definition) is 0. The van der Waals surface area contributed by atoms with Gasteiger partial charge in [-0.3, -0.25) is 0 Å². The zero-order valence-electron chi connectivity index (χ0n) is 5.53. The van der Waals surface area contributed by atoms with Gasteiger partial charge in [0.1, 0.15) is 0 Å². The second-order valence-corrected chi connectivity index (χ2v) is 2.88. The topological polar surface area (TPSA) is 19.9 Å². The van der Waals surface area contributed by atoms with Gasteiger partial charge in [-0.05, 0) is 25.7 Å². The lowest BCUT2D eigenvalue weighted by molar-refractivity contribution is -0.282. The maximum Gasteiger partial charge on any atom is 0.420 e. The van der Waals surface area contributed by atoms with E-state index in [9.17, 15) is 18.3 Å². The molecule has 0 aromatic carbocycles. The fraction of sp³-hybridized carbons (Fsp3) is 1.00. The summed E-state index contributed by atoms with van der Waals surface area (Å²) in [4.78, 5) is 0. The van der Waals surface area contributed by atoms with Crippen LogP contribution in [-0.2, 0) is 5.11 Å². The first-order valence-electron chi connectivity index (χ1n) is 3.13. The van der Waals surface area contributed by atoms with Gasteiger partial charge in [0.15, 0.2) is 5.60 Å². The molecule has 0 bridgehead atoms. The third-order valence-electron chi connectivity index (χ3n) is 1.92. The van der Waals surface area contributed by atoms with Gasteiger partial charge in [0, 0.05) is 0 Å². The van der Waals surface area contributed by atoms with Crippen LogP contribution >= 0.6 is 0 Å². The summed E-state index contributed by atoms with van der Waals surface area (Å²) in [5.74, 6) is -0.674. The smallest absolute Gasteiger partial charge is 0.219 e. The Hall–Kier alpha value is -0.250. The van der Waals surface area contributed by atoms with E-state index in [1.807, 2.05) is 0 Å². The van der Waals surface area contributed by atoms with Gasteiger partial charge in [0.25, 0.3) is 0 Å². The van der Waals surface area contributed by atoms with E-state index in [1.165, 1.54) is 0 Å². The molecule has 1 saturated carbocycles. The first kappa shape index (κ1) is 7.85. The minimum absolute atomic E-state index is 0.430. The van der Waals surface area contributed by atoms with Gasteiger partial charge in [-0.15, -0.1) is 0 Å². The van der Waals surface area contributed by atoms with E-state index >= 15 is 0 Å². The molecule has 0 amide bonds. The summed E-state index contributed by atoms with van der Waals surface area (Å²) < 4.78 is 35.4. The predicted octanol–water partition coefficient (Wildman–Crippen LogP) is 2.15. The monoisotopic (exact) mass is 153 g/mol. The molecule has 0 spiro atoms. The molecule has 0 saturated heterocycles. The lowest BCUT2D eigenvalue weighted by Gasteiger charge is -2.22. The van der Waals surface area contributed by atoms with E-state index in [0.29, 0.717) is 12.8 Å². The Morgan fingerprint density at radius 2 is 1.70 bits per heavy atom. The summed E-state index contributed by atoms with van der Waals surface area (Å²) >= 11 is 0. The quantitative estimate of drug-likeness (QED) is 0.550. The Morgan fingerprint density at radius 3 is 1.80 bits per heavy atom. The van der Waals surface area contributed by atoms with Crippen LogP contribution in [0.4, 0.5) is 13.2 Å². The Balaban J connectivity index is 2.66. The summed E-state index contributed by atoms with van der Waals surface area (Å²) in [7, 11) is 0. The molecule has 0 N–H and O–H groups in total. The molecule has 4 heteroatoms. The van der Waals surface area contributed by atoms with Gasteiger partial charge >= 0.3 is 6.18 Å². The molecule has 1 nitrogen and oxygen atoms in total. The molecular formula is C6H8F3O. The lowest BCUT2D eigenvalue weighted by atomic mass is 10.0. The Bertz CT molecular complexity index is 134. The van der Waals surface area contributed by atoms with Crippen molar-refractivity contribution < 1.29 is 18.3 Å². The zero-order valence-corrected chi connectivity index (χ0v) is 5.53. The highest BCUT2D eigenvalue weighted by Gasteiger charge is 2.60. The van der Waals surface area contributed by atoms with E-state index in [-0.39, 0.29) is 0 Å². The summed E-state index contributed by atoms with van der Waals surface area (Å²) in [5, 5.41) is 10.8. The Morgan fingerprint density at radius 1 is 1.30 bits per heavy atom. The van der Waals surface area contributed by atoms with Crippen molar-refractivity contribution >= 4 is 0 Å². The number of hydrogen-bond donors (Lipinski definition) is 0. The lowest BCUT2D eigenvalue weighted by Crippen LogP contribution is -2.42. The minimum atomic E-state index is -4.58. The molecule has 0 aromatic rings. The van der Waals surface area contributed by atoms with Crippen LogP contribution in [0.2, 0.25) is 0 Å². The average Bonchev–Trinajstić information content (AvgIpc) is 2.38. The van der Waals surface area contributed by atoms with Gasteiger partial charge in [-0.2, -0.15) is 13.2 Å². The van der Waals surface area contributed by atoms with Crippen molar-refractivity contribution in [2.24, 2.45) is 5.92 Å². The summed E-state index contributed by atoms with van der Waals surface area (Å²) in [6, 6.07) is 0. The average molecular weight is 153 g/mol. The molecule has 1 aliphatic carbocycles. The van der Waals surface area contributed by atoms with Crippen LogP contribution in [0.15, 0.2) is 0 Å². The van der Waals surface area contributed by atoms with Crippen LogP contribution in [0.25, 0.3) is 0 Å². The van der Waals surface area contributed by atoms with Crippen molar-refractivity contribution in [2.45, 2.75) is 31.5 Å². The van der Waals surface area contributed by atoms with E-state index in [1.54, 1.807) is 0 Å². The second kappa shape index (κ2) is 1.87. The summed E-state index contributed by atoms with van der Waals surface area (Å²) in [5.41, 5.74) is -2.70. The van der Waals surface area contributed by atoms with Crippen molar-refractivity contribution in [3.05, 3.63) is 0 Å². The van der Waals surface area contributed by atoms with Crippen LogP contribution < -0.4 is 0 Å². The maximum atomic E-state index is 11.8. The van der Waals surface area contributed by atoms with E-state index < -0.39 is 17.7 Å². The van der Waals surface area contributed by atoms with E-state index in [0.717, 1.165) is 6.92 Å². The van der Waals surface area contributed by atoms with Gasteiger partial charge in [0.2, 0.25) is 0 Å². The van der Waals surface area contributed by atoms with Crippen LogP contribution in [0, 0.1) is 5.92 Å². The van der Waals surface area contributed by atoms with Crippen LogP contribution in [0.1, 0.15) is 19.8 Å². The molecule has 0 aromatic heterocycles. The summed E-state index contributed by atoms with van der Waals surface area (Å²) in [6.07, 6.45) is -3.72. The van der Waals surface area contributed by atoms with Gasteiger partial charge in [-0.1, -0.05) is 0 Å². The second-order valence-electron chi connectivity index (χ2n) is 2.88. The highest BCUT2D eigenvalue weighted by Crippen LogP contribution is 2.48. The van der Waals surface area contributed by atoms with Gasteiger partial charge < -0.3 is 0 Å². The normalized spacial score (nSPS) is 26.1. The van der Waals surface area contributed by atoms with Crippen LogP contribution in [0.3, 0.4) is 0 Å². The standard InChI is InChI=1S/C6H8F3O/c1-5(10,4-2-3-4)6(7,8)9/h4H,2-3H2,1H3. The third-order valence-corrected chi connectivity index (χ3v) is 1.92. The fourth-order valence-electron chi connectivity index (χ4n) is 0.866. The van der Waals surface area contributed by atoms with Gasteiger partial charge in [-0.25, -0.2) is 5.11 Å². The molecule has 59 valence electrons. The maximum absolute atomic E-state index is 11.8. The van der Waals surface area contributed by atoms with Gasteiger partial charge in [0.05, 0.1) is 0 Å². The molecule has 1 unspecified atom stereocenters. The molecule has 10 heavy (non-hydrogen) atoms. The highest BCUT2D eigenvalue weighted by molar-refractivity contribution is 4.95. The van der Waals surface area contributed by atoms with Crippen molar-refractivity contribution in [2.75, 3.05) is 0 Å². The van der Waals surface area contributed by atoms with E-state index in [4.69, 9.17) is 0 Å². The fourth-order valence-corrected chi connectivity index (χ4v) is 0.866. The zero-order chi connectivity index (χ0) is 7.99. The van der Waals surface area contributed by atoms with Crippen LogP contribution in [0.5, 0.6) is 0 Å². The molecule has 1 radical (unpaired) electrons. The molecule has 1 atom stereocenters. The Kier molecular flexibility index (Phi) is 1.47. The molecule has 1 fully saturated rings. The van der Waals surface area contributed by atoms with Crippen molar-refractivity contribution in [1.29, 1.82) is 0 Å². The third kappa shape index (κ3) is 1.12. The molecule has 0 heterocycles. The first-order valence-corrected chi connectivity index (χ1v) is 3.13. The molecule has 0 aliphatic heterocycles. The number of alkyl halides is 3.